The summed E-state index contributed by atoms with van der Waals surface area (Å²) in [6.45, 7) is 2.92. The van der Waals surface area contributed by atoms with Gasteiger partial charge in [-0.25, -0.2) is 0 Å². The normalized spacial score (nSPS) is 32.5. The third kappa shape index (κ3) is 2.66. The minimum Gasteiger partial charge on any atom is -0.345 e. The van der Waals surface area contributed by atoms with Gasteiger partial charge >= 0.3 is 0 Å². The summed E-state index contributed by atoms with van der Waals surface area (Å²) in [5.41, 5.74) is 0. The molecule has 0 bridgehead atoms. The molecule has 3 atom stereocenters. The molecule has 2 nitrogen and oxygen atoms in total. The van der Waals surface area contributed by atoms with Crippen molar-refractivity contribution in [2.75, 3.05) is 13.6 Å². The van der Waals surface area contributed by atoms with E-state index in [9.17, 15) is 4.79 Å². The monoisotopic (exact) mass is 221 g/mol. The summed E-state index contributed by atoms with van der Waals surface area (Å²) in [6.07, 6.45) is 10.5. The van der Waals surface area contributed by atoms with E-state index >= 15 is 0 Å². The highest BCUT2D eigenvalue weighted by Gasteiger charge is 2.42. The third-order valence-electron chi connectivity index (χ3n) is 4.13. The highest BCUT2D eigenvalue weighted by Crippen LogP contribution is 2.48. The smallest absolute Gasteiger partial charge is 0.222 e. The molecule has 16 heavy (non-hydrogen) atoms. The maximum absolute atomic E-state index is 11.5. The molecule has 0 aromatic heterocycles. The van der Waals surface area contributed by atoms with Crippen LogP contribution in [0.15, 0.2) is 12.2 Å². The summed E-state index contributed by atoms with van der Waals surface area (Å²) in [6, 6.07) is 0. The lowest BCUT2D eigenvalue weighted by Crippen LogP contribution is -2.28. The predicted octanol–water partition coefficient (Wildman–Crippen LogP) is 2.85. The standard InChI is InChI=1S/C14H23NO/c1-3-14(16)15(2)10-12-9-13(12)11-7-5-4-6-8-11/h4-5,11-13H,3,6-10H2,1-2H3/t11?,12-,13?/m1/s1. The Hall–Kier alpha value is -0.790. The van der Waals surface area contributed by atoms with Crippen LogP contribution in [-0.2, 0) is 4.79 Å². The quantitative estimate of drug-likeness (QED) is 0.668. The fourth-order valence-corrected chi connectivity index (χ4v) is 2.99. The first-order chi connectivity index (χ1) is 7.72. The van der Waals surface area contributed by atoms with Crippen LogP contribution in [0.2, 0.25) is 0 Å². The average molecular weight is 221 g/mol. The zero-order chi connectivity index (χ0) is 11.5. The van der Waals surface area contributed by atoms with E-state index in [1.165, 1.54) is 25.7 Å². The van der Waals surface area contributed by atoms with Crippen LogP contribution in [0.3, 0.4) is 0 Å². The zero-order valence-electron chi connectivity index (χ0n) is 10.5. The van der Waals surface area contributed by atoms with Crippen molar-refractivity contribution >= 4 is 5.91 Å². The molecule has 2 unspecified atom stereocenters. The Labute approximate surface area is 98.7 Å². The van der Waals surface area contributed by atoms with Crippen LogP contribution in [0.25, 0.3) is 0 Å². The largest absolute Gasteiger partial charge is 0.345 e. The van der Waals surface area contributed by atoms with Crippen LogP contribution in [0.5, 0.6) is 0 Å². The van der Waals surface area contributed by atoms with Gasteiger partial charge in [0.25, 0.3) is 0 Å². The van der Waals surface area contributed by atoms with Gasteiger partial charge in [-0.2, -0.15) is 0 Å². The number of carbonyl (C=O) groups is 1. The van der Waals surface area contributed by atoms with Gasteiger partial charge in [-0.15, -0.1) is 0 Å². The molecule has 0 radical (unpaired) electrons. The molecule has 2 heteroatoms. The summed E-state index contributed by atoms with van der Waals surface area (Å²) < 4.78 is 0. The molecule has 0 heterocycles. The van der Waals surface area contributed by atoms with E-state index in [1.54, 1.807) is 0 Å². The molecule has 1 fully saturated rings. The molecule has 0 aromatic rings. The van der Waals surface area contributed by atoms with Crippen molar-refractivity contribution in [2.24, 2.45) is 17.8 Å². The van der Waals surface area contributed by atoms with Crippen LogP contribution in [0.4, 0.5) is 0 Å². The van der Waals surface area contributed by atoms with Gasteiger partial charge in [0.05, 0.1) is 0 Å². The first-order valence-electron chi connectivity index (χ1n) is 6.61. The second kappa shape index (κ2) is 5.03. The van der Waals surface area contributed by atoms with Crippen molar-refractivity contribution in [2.45, 2.75) is 39.0 Å². The summed E-state index contributed by atoms with van der Waals surface area (Å²) in [5, 5.41) is 0. The molecule has 0 saturated heterocycles. The highest BCUT2D eigenvalue weighted by molar-refractivity contribution is 5.75. The topological polar surface area (TPSA) is 20.3 Å². The summed E-state index contributed by atoms with van der Waals surface area (Å²) >= 11 is 0. The Morgan fingerprint density at radius 1 is 1.44 bits per heavy atom. The molecule has 2 aliphatic carbocycles. The molecule has 1 saturated carbocycles. The van der Waals surface area contributed by atoms with Gasteiger partial charge in [-0.1, -0.05) is 19.1 Å². The summed E-state index contributed by atoms with van der Waals surface area (Å²) in [4.78, 5) is 13.4. The Bertz CT molecular complexity index is 284. The Kier molecular flexibility index (Phi) is 3.67. The third-order valence-corrected chi connectivity index (χ3v) is 4.13. The van der Waals surface area contributed by atoms with Crippen molar-refractivity contribution in [1.29, 1.82) is 0 Å². The van der Waals surface area contributed by atoms with Gasteiger partial charge in [0, 0.05) is 20.0 Å². The molecule has 2 aliphatic rings. The molecule has 90 valence electrons. The zero-order valence-corrected chi connectivity index (χ0v) is 10.5. The minimum atomic E-state index is 0.286. The van der Waals surface area contributed by atoms with Crippen LogP contribution in [0.1, 0.15) is 39.0 Å². The number of nitrogens with zero attached hydrogens (tertiary/aromatic N) is 1. The number of hydrogen-bond donors (Lipinski definition) is 0. The Balaban J connectivity index is 1.74. The van der Waals surface area contributed by atoms with Crippen molar-refractivity contribution in [3.05, 3.63) is 12.2 Å². The molecular formula is C14H23NO. The number of rotatable bonds is 4. The maximum atomic E-state index is 11.5. The predicted molar refractivity (Wildman–Crippen MR) is 66.0 cm³/mol. The number of allylic oxidation sites excluding steroid dienone is 2. The van der Waals surface area contributed by atoms with Crippen molar-refractivity contribution in [1.82, 2.24) is 4.90 Å². The van der Waals surface area contributed by atoms with E-state index in [0.717, 1.165) is 24.3 Å². The highest BCUT2D eigenvalue weighted by atomic mass is 16.2. The maximum Gasteiger partial charge on any atom is 0.222 e. The fourth-order valence-electron chi connectivity index (χ4n) is 2.99. The van der Waals surface area contributed by atoms with E-state index in [1.807, 2.05) is 18.9 Å². The molecule has 2 rings (SSSR count). The van der Waals surface area contributed by atoms with Crippen molar-refractivity contribution < 1.29 is 4.79 Å². The SMILES string of the molecule is CCC(=O)N(C)C[C@H]1CC1C1CC=CCC1. The van der Waals surface area contributed by atoms with E-state index < -0.39 is 0 Å². The van der Waals surface area contributed by atoms with Gasteiger partial charge in [-0.3, -0.25) is 4.79 Å². The second-order valence-corrected chi connectivity index (χ2v) is 5.33. The van der Waals surface area contributed by atoms with Crippen LogP contribution < -0.4 is 0 Å². The van der Waals surface area contributed by atoms with Gasteiger partial charge in [0.2, 0.25) is 5.91 Å². The number of hydrogen-bond acceptors (Lipinski definition) is 1. The van der Waals surface area contributed by atoms with E-state index in [-0.39, 0.29) is 5.91 Å². The van der Waals surface area contributed by atoms with Crippen molar-refractivity contribution in [3.8, 4) is 0 Å². The number of carbonyl (C=O) groups excluding carboxylic acids is 1. The lowest BCUT2D eigenvalue weighted by molar-refractivity contribution is -0.129. The first-order valence-corrected chi connectivity index (χ1v) is 6.61. The Morgan fingerprint density at radius 2 is 2.25 bits per heavy atom. The van der Waals surface area contributed by atoms with Gasteiger partial charge in [-0.05, 0) is 43.4 Å². The number of amides is 1. The van der Waals surface area contributed by atoms with Crippen molar-refractivity contribution in [3.63, 3.8) is 0 Å². The van der Waals surface area contributed by atoms with E-state index in [0.29, 0.717) is 6.42 Å². The van der Waals surface area contributed by atoms with Gasteiger partial charge in [0.1, 0.15) is 0 Å². The Morgan fingerprint density at radius 3 is 2.88 bits per heavy atom. The second-order valence-electron chi connectivity index (χ2n) is 5.33. The molecular weight excluding hydrogens is 198 g/mol. The van der Waals surface area contributed by atoms with E-state index in [2.05, 4.69) is 12.2 Å². The molecule has 1 amide bonds. The van der Waals surface area contributed by atoms with Gasteiger partial charge in [0.15, 0.2) is 0 Å². The molecule has 0 aromatic carbocycles. The fraction of sp³-hybridized carbons (Fsp3) is 0.786. The first kappa shape index (κ1) is 11.7. The molecule has 0 aliphatic heterocycles. The lowest BCUT2D eigenvalue weighted by Gasteiger charge is -2.20. The average Bonchev–Trinajstić information content (AvgIpc) is 3.08. The van der Waals surface area contributed by atoms with Crippen LogP contribution >= 0.6 is 0 Å². The van der Waals surface area contributed by atoms with E-state index in [4.69, 9.17) is 0 Å². The summed E-state index contributed by atoms with van der Waals surface area (Å²) in [5.74, 6) is 2.88. The van der Waals surface area contributed by atoms with Crippen LogP contribution in [-0.4, -0.2) is 24.4 Å². The molecule has 0 N–H and O–H groups in total. The summed E-state index contributed by atoms with van der Waals surface area (Å²) in [7, 11) is 1.95. The molecule has 0 spiro atoms. The van der Waals surface area contributed by atoms with Gasteiger partial charge < -0.3 is 4.90 Å². The van der Waals surface area contributed by atoms with Crippen LogP contribution in [0, 0.1) is 17.8 Å². The lowest BCUT2D eigenvalue weighted by atomic mass is 9.89. The minimum absolute atomic E-state index is 0.286.